The maximum absolute atomic E-state index is 5.59. The Morgan fingerprint density at radius 3 is 2.54 bits per heavy atom. The van der Waals surface area contributed by atoms with Crippen LogP contribution < -0.4 is 20.5 Å². The summed E-state index contributed by atoms with van der Waals surface area (Å²) in [4.78, 5) is 9.52. The SMILES string of the molecule is Cc1cccc(/C=N/Nc2cc(N3CCOCC3)n3nc(-c4ccc(N5CCNCC5)cc4)cc3n2)c1. The van der Waals surface area contributed by atoms with Gasteiger partial charge in [-0.3, -0.25) is 5.43 Å². The van der Waals surface area contributed by atoms with Gasteiger partial charge in [0.25, 0.3) is 0 Å². The Labute approximate surface area is 216 Å². The average Bonchev–Trinajstić information content (AvgIpc) is 3.38. The maximum Gasteiger partial charge on any atom is 0.160 e. The second kappa shape index (κ2) is 10.6. The van der Waals surface area contributed by atoms with Crippen LogP contribution in [0.1, 0.15) is 11.1 Å². The lowest BCUT2D eigenvalue weighted by molar-refractivity contribution is 0.122. The number of ether oxygens (including phenoxy) is 1. The van der Waals surface area contributed by atoms with Crippen molar-refractivity contribution in [2.24, 2.45) is 5.10 Å². The number of nitrogens with one attached hydrogen (secondary N) is 2. The Hall–Kier alpha value is -3.95. The zero-order valence-corrected chi connectivity index (χ0v) is 21.1. The van der Waals surface area contributed by atoms with Crippen molar-refractivity contribution in [1.82, 2.24) is 19.9 Å². The van der Waals surface area contributed by atoms with E-state index in [2.05, 4.69) is 69.0 Å². The molecular weight excluding hydrogens is 464 g/mol. The molecule has 4 heterocycles. The van der Waals surface area contributed by atoms with E-state index in [1.165, 1.54) is 11.3 Å². The van der Waals surface area contributed by atoms with Gasteiger partial charge < -0.3 is 19.9 Å². The number of fused-ring (bicyclic) bond motifs is 1. The summed E-state index contributed by atoms with van der Waals surface area (Å²) in [6.07, 6.45) is 1.81. The van der Waals surface area contributed by atoms with Crippen molar-refractivity contribution < 1.29 is 4.74 Å². The van der Waals surface area contributed by atoms with E-state index in [1.807, 2.05) is 35.0 Å². The number of piperazine rings is 1. The zero-order chi connectivity index (χ0) is 25.0. The van der Waals surface area contributed by atoms with Crippen LogP contribution in [0.25, 0.3) is 16.9 Å². The molecule has 0 amide bonds. The number of aromatic nitrogens is 3. The van der Waals surface area contributed by atoms with Gasteiger partial charge in [0.15, 0.2) is 11.5 Å². The van der Waals surface area contributed by atoms with Crippen molar-refractivity contribution in [1.29, 1.82) is 0 Å². The molecule has 0 unspecified atom stereocenters. The predicted molar refractivity (Wildman–Crippen MR) is 149 cm³/mol. The highest BCUT2D eigenvalue weighted by Crippen LogP contribution is 2.27. The van der Waals surface area contributed by atoms with Crippen LogP contribution in [0.4, 0.5) is 17.3 Å². The van der Waals surface area contributed by atoms with Crippen molar-refractivity contribution in [3.05, 3.63) is 71.8 Å². The Kier molecular flexibility index (Phi) is 6.70. The minimum Gasteiger partial charge on any atom is -0.378 e. The number of nitrogens with zero attached hydrogens (tertiary/aromatic N) is 6. The fraction of sp³-hybridized carbons (Fsp3) is 0.321. The highest BCUT2D eigenvalue weighted by atomic mass is 16.5. The molecule has 2 N–H and O–H groups in total. The number of hydrogen-bond donors (Lipinski definition) is 2. The third-order valence-corrected chi connectivity index (χ3v) is 6.82. The first-order valence-electron chi connectivity index (χ1n) is 12.9. The van der Waals surface area contributed by atoms with E-state index in [1.54, 1.807) is 0 Å². The molecule has 2 aromatic carbocycles. The number of hydrazone groups is 1. The maximum atomic E-state index is 5.59. The molecule has 0 bridgehead atoms. The molecule has 0 radical (unpaired) electrons. The molecule has 0 saturated carbocycles. The number of morpholine rings is 1. The van der Waals surface area contributed by atoms with E-state index in [-0.39, 0.29) is 0 Å². The van der Waals surface area contributed by atoms with E-state index < -0.39 is 0 Å². The van der Waals surface area contributed by atoms with E-state index in [4.69, 9.17) is 14.8 Å². The summed E-state index contributed by atoms with van der Waals surface area (Å²) in [5.41, 5.74) is 9.36. The second-order valence-electron chi connectivity index (χ2n) is 9.47. The molecule has 2 aromatic heterocycles. The summed E-state index contributed by atoms with van der Waals surface area (Å²) < 4.78 is 7.52. The van der Waals surface area contributed by atoms with Crippen molar-refractivity contribution >= 4 is 29.2 Å². The van der Waals surface area contributed by atoms with E-state index >= 15 is 0 Å². The van der Waals surface area contributed by atoms with Gasteiger partial charge in [-0.05, 0) is 24.6 Å². The first-order chi connectivity index (χ1) is 18.2. The van der Waals surface area contributed by atoms with Gasteiger partial charge in [0.05, 0.1) is 25.1 Å². The first kappa shape index (κ1) is 23.4. The molecular formula is C28H32N8O. The summed E-state index contributed by atoms with van der Waals surface area (Å²) >= 11 is 0. The van der Waals surface area contributed by atoms with Gasteiger partial charge in [0, 0.05) is 62.7 Å². The summed E-state index contributed by atoms with van der Waals surface area (Å²) in [5, 5.41) is 12.8. The van der Waals surface area contributed by atoms with Crippen molar-refractivity contribution in [2.45, 2.75) is 6.92 Å². The number of anilines is 3. The van der Waals surface area contributed by atoms with Crippen LogP contribution in [0.5, 0.6) is 0 Å². The van der Waals surface area contributed by atoms with Crippen molar-refractivity contribution in [3.63, 3.8) is 0 Å². The molecule has 2 aliphatic rings. The van der Waals surface area contributed by atoms with Gasteiger partial charge in [-0.2, -0.15) is 14.7 Å². The number of aryl methyl sites for hydroxylation is 1. The van der Waals surface area contributed by atoms with Crippen LogP contribution in [0, 0.1) is 6.92 Å². The molecule has 0 aliphatic carbocycles. The second-order valence-corrected chi connectivity index (χ2v) is 9.47. The fourth-order valence-electron chi connectivity index (χ4n) is 4.86. The first-order valence-corrected chi connectivity index (χ1v) is 12.9. The number of rotatable bonds is 6. The standard InChI is InChI=1S/C28H32N8O/c1-21-3-2-4-22(17-21)20-30-32-26-19-28(35-13-15-37-16-14-35)36-27(31-26)18-25(33-36)23-5-7-24(8-6-23)34-11-9-29-10-12-34/h2-8,17-20,29H,9-16H2,1H3,(H,31,32)/b30-20+. The van der Waals surface area contributed by atoms with Gasteiger partial charge in [-0.25, -0.2) is 4.98 Å². The summed E-state index contributed by atoms with van der Waals surface area (Å²) in [7, 11) is 0. The van der Waals surface area contributed by atoms with Gasteiger partial charge in [0.1, 0.15) is 5.82 Å². The van der Waals surface area contributed by atoms with Gasteiger partial charge >= 0.3 is 0 Å². The molecule has 0 spiro atoms. The van der Waals surface area contributed by atoms with Crippen LogP contribution >= 0.6 is 0 Å². The van der Waals surface area contributed by atoms with Gasteiger partial charge in [0.2, 0.25) is 0 Å². The zero-order valence-electron chi connectivity index (χ0n) is 21.1. The minimum atomic E-state index is 0.679. The summed E-state index contributed by atoms with van der Waals surface area (Å²) in [6, 6.07) is 21.0. The number of benzene rings is 2. The monoisotopic (exact) mass is 496 g/mol. The van der Waals surface area contributed by atoms with Crippen LogP contribution in [-0.2, 0) is 4.74 Å². The summed E-state index contributed by atoms with van der Waals surface area (Å²) in [6.45, 7) is 9.18. The molecule has 2 fully saturated rings. The molecule has 190 valence electrons. The molecule has 2 saturated heterocycles. The fourth-order valence-corrected chi connectivity index (χ4v) is 4.86. The van der Waals surface area contributed by atoms with Gasteiger partial charge in [-0.15, -0.1) is 0 Å². The Balaban J connectivity index is 1.30. The third-order valence-electron chi connectivity index (χ3n) is 6.82. The molecule has 0 atom stereocenters. The minimum absolute atomic E-state index is 0.679. The molecule has 9 heteroatoms. The highest BCUT2D eigenvalue weighted by Gasteiger charge is 2.19. The quantitative estimate of drug-likeness (QED) is 0.313. The van der Waals surface area contributed by atoms with Crippen LogP contribution in [0.2, 0.25) is 0 Å². The van der Waals surface area contributed by atoms with Gasteiger partial charge in [-0.1, -0.05) is 42.0 Å². The Bertz CT molecular complexity index is 1390. The van der Waals surface area contributed by atoms with E-state index in [0.717, 1.165) is 67.6 Å². The highest BCUT2D eigenvalue weighted by molar-refractivity contribution is 5.80. The largest absolute Gasteiger partial charge is 0.378 e. The Morgan fingerprint density at radius 2 is 1.76 bits per heavy atom. The molecule has 6 rings (SSSR count). The van der Waals surface area contributed by atoms with Crippen LogP contribution in [0.3, 0.4) is 0 Å². The van der Waals surface area contributed by atoms with Crippen molar-refractivity contribution in [3.8, 4) is 11.3 Å². The molecule has 2 aliphatic heterocycles. The lowest BCUT2D eigenvalue weighted by Gasteiger charge is -2.29. The lowest BCUT2D eigenvalue weighted by atomic mass is 10.1. The van der Waals surface area contributed by atoms with E-state index in [0.29, 0.717) is 19.0 Å². The average molecular weight is 497 g/mol. The normalized spacial score (nSPS) is 16.6. The lowest BCUT2D eigenvalue weighted by Crippen LogP contribution is -2.43. The van der Waals surface area contributed by atoms with E-state index in [9.17, 15) is 0 Å². The molecule has 9 nitrogen and oxygen atoms in total. The van der Waals surface area contributed by atoms with Crippen molar-refractivity contribution in [2.75, 3.05) is 67.7 Å². The number of hydrogen-bond acceptors (Lipinski definition) is 8. The van der Waals surface area contributed by atoms with Crippen LogP contribution in [0.15, 0.2) is 65.8 Å². The third kappa shape index (κ3) is 5.28. The predicted octanol–water partition coefficient (Wildman–Crippen LogP) is 3.40. The molecule has 37 heavy (non-hydrogen) atoms. The Morgan fingerprint density at radius 1 is 0.946 bits per heavy atom. The topological polar surface area (TPSA) is 82.3 Å². The summed E-state index contributed by atoms with van der Waals surface area (Å²) in [5.74, 6) is 1.66. The smallest absolute Gasteiger partial charge is 0.160 e. The molecule has 4 aromatic rings. The van der Waals surface area contributed by atoms with Crippen LogP contribution in [-0.4, -0.2) is 73.3 Å².